The van der Waals surface area contributed by atoms with Crippen molar-refractivity contribution in [3.8, 4) is 0 Å². The maximum absolute atomic E-state index is 8.42. The summed E-state index contributed by atoms with van der Waals surface area (Å²) in [6.45, 7) is 2.13. The predicted molar refractivity (Wildman–Crippen MR) is 86.0 cm³/mol. The van der Waals surface area contributed by atoms with Crippen molar-refractivity contribution in [2.75, 3.05) is 0 Å². The molecule has 96 valence electrons. The van der Waals surface area contributed by atoms with Crippen LogP contribution in [-0.4, -0.2) is 0 Å². The first-order valence-electron chi connectivity index (χ1n) is 7.50. The Morgan fingerprint density at radius 3 is 2.65 bits per heavy atom. The highest BCUT2D eigenvalue weighted by molar-refractivity contribution is 5.88. The number of hydrogen-bond donors (Lipinski definition) is 0. The van der Waals surface area contributed by atoms with Gasteiger partial charge in [0.25, 0.3) is 0 Å². The smallest absolute Gasteiger partial charge is 0.0586 e. The molecule has 0 bridgehead atoms. The van der Waals surface area contributed by atoms with Crippen LogP contribution in [0.2, 0.25) is 0 Å². The minimum atomic E-state index is 0.0611. The van der Waals surface area contributed by atoms with Gasteiger partial charge in [0.1, 0.15) is 0 Å². The van der Waals surface area contributed by atoms with Crippen LogP contribution in [0.4, 0.5) is 0 Å². The largest absolute Gasteiger partial charge is 0.0720 e. The van der Waals surface area contributed by atoms with Crippen LogP contribution in [-0.2, 0) is 0 Å². The van der Waals surface area contributed by atoms with Crippen molar-refractivity contribution in [2.24, 2.45) is 0 Å². The van der Waals surface area contributed by atoms with Gasteiger partial charge in [-0.3, -0.25) is 0 Å². The van der Waals surface area contributed by atoms with E-state index >= 15 is 0 Å². The van der Waals surface area contributed by atoms with E-state index in [4.69, 9.17) is 1.37 Å². The van der Waals surface area contributed by atoms with Gasteiger partial charge < -0.3 is 0 Å². The molecule has 1 aliphatic rings. The summed E-state index contributed by atoms with van der Waals surface area (Å²) in [7, 11) is 0. The molecule has 0 spiro atoms. The number of hydrogen-bond acceptors (Lipinski definition) is 0. The predicted octanol–water partition coefficient (Wildman–Crippen LogP) is 5.31. The van der Waals surface area contributed by atoms with Gasteiger partial charge in [-0.2, -0.15) is 0 Å². The Morgan fingerprint density at radius 1 is 0.900 bits per heavy atom. The fraction of sp³-hybridized carbons (Fsp3) is 0.100. The van der Waals surface area contributed by atoms with Crippen LogP contribution in [0.1, 0.15) is 29.5 Å². The standard InChI is InChI=1S/C20H16/c1-14-12-16-7-3-5-9-18(16)20(13-14)19-11-10-15-6-2-4-8-17(15)19/h2-13,19H,1H3/i11D. The minimum absolute atomic E-state index is 0.0611. The van der Waals surface area contributed by atoms with Gasteiger partial charge in [-0.15, -0.1) is 0 Å². The molecule has 0 N–H and O–H groups in total. The van der Waals surface area contributed by atoms with Crippen molar-refractivity contribution in [3.63, 3.8) is 0 Å². The Hall–Kier alpha value is -2.34. The molecule has 0 radical (unpaired) electrons. The molecule has 0 nitrogen and oxygen atoms in total. The maximum Gasteiger partial charge on any atom is 0.0586 e. The molecule has 3 aromatic carbocycles. The van der Waals surface area contributed by atoms with Crippen LogP contribution < -0.4 is 0 Å². The van der Waals surface area contributed by atoms with Crippen LogP contribution in [0, 0.1) is 6.92 Å². The number of fused-ring (bicyclic) bond motifs is 2. The summed E-state index contributed by atoms with van der Waals surface area (Å²) in [5.41, 5.74) is 4.93. The summed E-state index contributed by atoms with van der Waals surface area (Å²) < 4.78 is 8.42. The van der Waals surface area contributed by atoms with E-state index < -0.39 is 0 Å². The third kappa shape index (κ3) is 1.69. The molecule has 0 aliphatic heterocycles. The second kappa shape index (κ2) is 4.35. The molecule has 1 atom stereocenters. The Balaban J connectivity index is 2.02. The van der Waals surface area contributed by atoms with E-state index in [2.05, 4.69) is 61.5 Å². The summed E-state index contributed by atoms with van der Waals surface area (Å²) in [5, 5.41) is 2.51. The zero-order chi connectivity index (χ0) is 14.4. The van der Waals surface area contributed by atoms with E-state index in [1.807, 2.05) is 12.1 Å². The van der Waals surface area contributed by atoms with E-state index in [0.29, 0.717) is 6.05 Å². The molecule has 1 aliphatic carbocycles. The molecule has 3 aromatic rings. The van der Waals surface area contributed by atoms with Gasteiger partial charge in [-0.1, -0.05) is 78.4 Å². The first kappa shape index (κ1) is 10.4. The van der Waals surface area contributed by atoms with E-state index in [-0.39, 0.29) is 5.92 Å². The average Bonchev–Trinajstić information content (AvgIpc) is 2.82. The molecular formula is C20H16. The van der Waals surface area contributed by atoms with Gasteiger partial charge in [-0.25, -0.2) is 0 Å². The van der Waals surface area contributed by atoms with Crippen LogP contribution >= 0.6 is 0 Å². The zero-order valence-electron chi connectivity index (χ0n) is 12.4. The SMILES string of the molecule is [2H]C1=Cc2ccccc2C1c1cc(C)cc2ccccc12. The van der Waals surface area contributed by atoms with E-state index in [1.165, 1.54) is 33.0 Å². The Bertz CT molecular complexity index is 874. The topological polar surface area (TPSA) is 0 Å². The van der Waals surface area contributed by atoms with Crippen molar-refractivity contribution in [1.29, 1.82) is 0 Å². The number of allylic oxidation sites excluding steroid dienone is 1. The third-order valence-electron chi connectivity index (χ3n) is 4.06. The lowest BCUT2D eigenvalue weighted by molar-refractivity contribution is 1.06. The Morgan fingerprint density at radius 2 is 1.70 bits per heavy atom. The fourth-order valence-corrected chi connectivity index (χ4v) is 3.16. The average molecular weight is 257 g/mol. The van der Waals surface area contributed by atoms with Crippen molar-refractivity contribution in [2.45, 2.75) is 12.8 Å². The fourth-order valence-electron chi connectivity index (χ4n) is 3.16. The summed E-state index contributed by atoms with van der Waals surface area (Å²) in [4.78, 5) is 0. The summed E-state index contributed by atoms with van der Waals surface area (Å²) in [6, 6.07) is 22.0. The second-order valence-corrected chi connectivity index (χ2v) is 5.45. The molecule has 1 unspecified atom stereocenters. The molecule has 0 amide bonds. The van der Waals surface area contributed by atoms with Gasteiger partial charge >= 0.3 is 0 Å². The quantitative estimate of drug-likeness (QED) is 0.554. The first-order valence-corrected chi connectivity index (χ1v) is 7.00. The normalized spacial score (nSPS) is 17.8. The number of benzene rings is 3. The van der Waals surface area contributed by atoms with Crippen LogP contribution in [0.5, 0.6) is 0 Å². The highest BCUT2D eigenvalue weighted by Gasteiger charge is 2.20. The summed E-state index contributed by atoms with van der Waals surface area (Å²) >= 11 is 0. The van der Waals surface area contributed by atoms with Gasteiger partial charge in [0, 0.05) is 5.92 Å². The van der Waals surface area contributed by atoms with Gasteiger partial charge in [0.2, 0.25) is 0 Å². The molecule has 0 saturated carbocycles. The molecular weight excluding hydrogens is 240 g/mol. The molecule has 4 rings (SSSR count). The molecule has 0 saturated heterocycles. The van der Waals surface area contributed by atoms with E-state index in [9.17, 15) is 0 Å². The summed E-state index contributed by atoms with van der Waals surface area (Å²) in [6.07, 6.45) is 2.00. The molecule has 0 heteroatoms. The van der Waals surface area contributed by atoms with Crippen LogP contribution in [0.15, 0.2) is 66.7 Å². The molecule has 20 heavy (non-hydrogen) atoms. The lowest BCUT2D eigenvalue weighted by Crippen LogP contribution is -1.97. The van der Waals surface area contributed by atoms with E-state index in [0.717, 1.165) is 0 Å². The van der Waals surface area contributed by atoms with Crippen molar-refractivity contribution < 1.29 is 1.37 Å². The summed E-state index contributed by atoms with van der Waals surface area (Å²) in [5.74, 6) is 0.0611. The lowest BCUT2D eigenvalue weighted by Gasteiger charge is -2.15. The van der Waals surface area contributed by atoms with Crippen molar-refractivity contribution in [3.05, 3.63) is 89.0 Å². The maximum atomic E-state index is 8.42. The minimum Gasteiger partial charge on any atom is -0.0720 e. The highest BCUT2D eigenvalue weighted by Crippen LogP contribution is 2.38. The van der Waals surface area contributed by atoms with Crippen LogP contribution in [0.25, 0.3) is 16.8 Å². The zero-order valence-corrected chi connectivity index (χ0v) is 11.4. The highest BCUT2D eigenvalue weighted by atomic mass is 14.2. The first-order chi connectivity index (χ1) is 10.2. The second-order valence-electron chi connectivity index (χ2n) is 5.45. The van der Waals surface area contributed by atoms with Crippen molar-refractivity contribution >= 4 is 16.8 Å². The third-order valence-corrected chi connectivity index (χ3v) is 4.06. The lowest BCUT2D eigenvalue weighted by atomic mass is 9.88. The van der Waals surface area contributed by atoms with E-state index in [1.54, 1.807) is 0 Å². The van der Waals surface area contributed by atoms with Crippen molar-refractivity contribution in [1.82, 2.24) is 0 Å². The molecule has 0 fully saturated rings. The van der Waals surface area contributed by atoms with Gasteiger partial charge in [0.15, 0.2) is 0 Å². The molecule has 0 aromatic heterocycles. The number of aryl methyl sites for hydroxylation is 1. The Labute approximate surface area is 120 Å². The van der Waals surface area contributed by atoms with Gasteiger partial charge in [-0.05, 0) is 34.4 Å². The van der Waals surface area contributed by atoms with Gasteiger partial charge in [0.05, 0.1) is 1.37 Å². The van der Waals surface area contributed by atoms with Crippen LogP contribution in [0.3, 0.4) is 0 Å². The monoisotopic (exact) mass is 257 g/mol. The molecule has 0 heterocycles. The Kier molecular flexibility index (Phi) is 2.27. The number of rotatable bonds is 1.